The van der Waals surface area contributed by atoms with E-state index in [1.165, 1.54) is 6.92 Å². The molecule has 114 valence electrons. The van der Waals surface area contributed by atoms with Crippen LogP contribution in [0.2, 0.25) is 0 Å². The number of carbonyl (C=O) groups excluding carboxylic acids is 1. The quantitative estimate of drug-likeness (QED) is 0.657. The lowest BCUT2D eigenvalue weighted by atomic mass is 9.94. The number of carbonyl (C=O) groups is 1. The van der Waals surface area contributed by atoms with Crippen LogP contribution in [0.15, 0.2) is 12.1 Å². The van der Waals surface area contributed by atoms with Gasteiger partial charge in [0.2, 0.25) is 0 Å². The molecule has 1 aromatic carbocycles. The Balaban J connectivity index is 2.28. The van der Waals surface area contributed by atoms with E-state index in [1.54, 1.807) is 0 Å². The summed E-state index contributed by atoms with van der Waals surface area (Å²) in [6, 6.07) is 1.86. The molecule has 0 spiro atoms. The molecule has 0 bridgehead atoms. The van der Waals surface area contributed by atoms with Crippen LogP contribution in [-0.4, -0.2) is 30.0 Å². The van der Waals surface area contributed by atoms with Gasteiger partial charge >= 0.3 is 0 Å². The molecule has 2 rings (SSSR count). The van der Waals surface area contributed by atoms with Crippen LogP contribution in [0.25, 0.3) is 0 Å². The van der Waals surface area contributed by atoms with Crippen molar-refractivity contribution in [1.29, 1.82) is 0 Å². The number of nitrogens with one attached hydrogen (secondary N) is 2. The summed E-state index contributed by atoms with van der Waals surface area (Å²) in [5.41, 5.74) is -0.430. The Kier molecular flexibility index (Phi) is 4.52. The zero-order valence-electron chi connectivity index (χ0n) is 12.0. The third-order valence-corrected chi connectivity index (χ3v) is 3.84. The third-order valence-electron chi connectivity index (χ3n) is 3.84. The predicted molar refractivity (Wildman–Crippen MR) is 75.7 cm³/mol. The van der Waals surface area contributed by atoms with Gasteiger partial charge in [-0.3, -0.25) is 14.9 Å². The van der Waals surface area contributed by atoms with Crippen molar-refractivity contribution in [2.45, 2.75) is 26.3 Å². The summed E-state index contributed by atoms with van der Waals surface area (Å²) in [7, 11) is 0. The minimum absolute atomic E-state index is 0.116. The van der Waals surface area contributed by atoms with E-state index >= 15 is 0 Å². The maximum atomic E-state index is 13.5. The van der Waals surface area contributed by atoms with Gasteiger partial charge < -0.3 is 10.6 Å². The summed E-state index contributed by atoms with van der Waals surface area (Å²) in [6.45, 7) is 4.92. The molecule has 1 saturated heterocycles. The summed E-state index contributed by atoms with van der Waals surface area (Å²) in [5.74, 6) is -0.994. The first-order chi connectivity index (χ1) is 9.90. The number of piperidine rings is 1. The van der Waals surface area contributed by atoms with Gasteiger partial charge in [-0.1, -0.05) is 6.92 Å². The molecule has 2 atom stereocenters. The Morgan fingerprint density at radius 2 is 2.24 bits per heavy atom. The fraction of sp³-hybridized carbons (Fsp3) is 0.500. The molecule has 0 aromatic heterocycles. The average Bonchev–Trinajstić information content (AvgIpc) is 2.39. The zero-order valence-corrected chi connectivity index (χ0v) is 12.0. The van der Waals surface area contributed by atoms with E-state index in [1.807, 2.05) is 6.92 Å². The number of aryl methyl sites for hydroxylation is 1. The standard InChI is InChI=1S/C14H18FN3O3/c1-8-3-4-16-7-12(8)17-14(19)11-6-10(15)5-9(2)13(11)18(20)21/h5-6,8,12,16H,3-4,7H2,1-2H3,(H,17,19). The van der Waals surface area contributed by atoms with Crippen LogP contribution in [0.1, 0.15) is 29.3 Å². The molecule has 1 aromatic rings. The van der Waals surface area contributed by atoms with Crippen LogP contribution < -0.4 is 10.6 Å². The minimum atomic E-state index is -0.655. The zero-order chi connectivity index (χ0) is 15.6. The van der Waals surface area contributed by atoms with Gasteiger partial charge in [-0.15, -0.1) is 0 Å². The Labute approximate surface area is 121 Å². The summed E-state index contributed by atoms with van der Waals surface area (Å²) in [4.78, 5) is 22.7. The molecule has 1 fully saturated rings. The largest absolute Gasteiger partial charge is 0.348 e. The molecular formula is C14H18FN3O3. The lowest BCUT2D eigenvalue weighted by molar-refractivity contribution is -0.385. The second-order valence-electron chi connectivity index (χ2n) is 5.43. The maximum Gasteiger partial charge on any atom is 0.285 e. The highest BCUT2D eigenvalue weighted by molar-refractivity contribution is 5.98. The van der Waals surface area contributed by atoms with Gasteiger partial charge in [-0.05, 0) is 37.9 Å². The highest BCUT2D eigenvalue weighted by Crippen LogP contribution is 2.25. The topological polar surface area (TPSA) is 84.3 Å². The maximum absolute atomic E-state index is 13.5. The average molecular weight is 295 g/mol. The third kappa shape index (κ3) is 3.36. The Hall–Kier alpha value is -2.02. The number of halogens is 1. The van der Waals surface area contributed by atoms with E-state index in [2.05, 4.69) is 10.6 Å². The SMILES string of the molecule is Cc1cc(F)cc(C(=O)NC2CNCCC2C)c1[N+](=O)[O-]. The molecule has 1 aliphatic rings. The van der Waals surface area contributed by atoms with Gasteiger partial charge in [0.1, 0.15) is 11.4 Å². The van der Waals surface area contributed by atoms with E-state index < -0.39 is 16.6 Å². The van der Waals surface area contributed by atoms with Gasteiger partial charge in [0.05, 0.1) is 4.92 Å². The molecule has 7 heteroatoms. The lowest BCUT2D eigenvalue weighted by Gasteiger charge is -2.30. The van der Waals surface area contributed by atoms with Gasteiger partial charge in [0.25, 0.3) is 11.6 Å². The van der Waals surface area contributed by atoms with E-state index in [0.717, 1.165) is 25.1 Å². The molecule has 0 aliphatic carbocycles. The Morgan fingerprint density at radius 1 is 1.52 bits per heavy atom. The van der Waals surface area contributed by atoms with Crippen LogP contribution in [0, 0.1) is 28.8 Å². The van der Waals surface area contributed by atoms with E-state index in [4.69, 9.17) is 0 Å². The van der Waals surface area contributed by atoms with E-state index in [9.17, 15) is 19.3 Å². The lowest BCUT2D eigenvalue weighted by Crippen LogP contribution is -2.50. The summed E-state index contributed by atoms with van der Waals surface area (Å²) < 4.78 is 13.5. The van der Waals surface area contributed by atoms with Crippen LogP contribution in [0.3, 0.4) is 0 Å². The van der Waals surface area contributed by atoms with Crippen LogP contribution in [-0.2, 0) is 0 Å². The minimum Gasteiger partial charge on any atom is -0.348 e. The van der Waals surface area contributed by atoms with Crippen LogP contribution in [0.5, 0.6) is 0 Å². The number of hydrogen-bond acceptors (Lipinski definition) is 4. The monoisotopic (exact) mass is 295 g/mol. The Bertz CT molecular complexity index is 577. The second-order valence-corrected chi connectivity index (χ2v) is 5.43. The first kappa shape index (κ1) is 15.4. The number of rotatable bonds is 3. The summed E-state index contributed by atoms with van der Waals surface area (Å²) in [5, 5.41) is 17.0. The van der Waals surface area contributed by atoms with Crippen molar-refractivity contribution < 1.29 is 14.1 Å². The molecule has 21 heavy (non-hydrogen) atoms. The molecule has 1 aliphatic heterocycles. The van der Waals surface area contributed by atoms with Gasteiger partial charge in [-0.25, -0.2) is 4.39 Å². The highest BCUT2D eigenvalue weighted by atomic mass is 19.1. The number of nitro groups is 1. The molecule has 0 radical (unpaired) electrons. The molecule has 1 heterocycles. The molecule has 2 N–H and O–H groups in total. The summed E-state index contributed by atoms with van der Waals surface area (Å²) in [6.07, 6.45) is 0.912. The van der Waals surface area contributed by atoms with Crippen LogP contribution in [0.4, 0.5) is 10.1 Å². The van der Waals surface area contributed by atoms with Gasteiger partial charge in [0.15, 0.2) is 0 Å². The molecule has 6 nitrogen and oxygen atoms in total. The van der Waals surface area contributed by atoms with Gasteiger partial charge in [-0.2, -0.15) is 0 Å². The smallest absolute Gasteiger partial charge is 0.285 e. The molecule has 1 amide bonds. The fourth-order valence-electron chi connectivity index (χ4n) is 2.58. The summed E-state index contributed by atoms with van der Waals surface area (Å²) >= 11 is 0. The predicted octanol–water partition coefficient (Wildman–Crippen LogP) is 1.77. The van der Waals surface area contributed by atoms with Gasteiger partial charge in [0, 0.05) is 18.2 Å². The molecular weight excluding hydrogens is 277 g/mol. The van der Waals surface area contributed by atoms with E-state index in [-0.39, 0.29) is 28.8 Å². The van der Waals surface area contributed by atoms with Crippen LogP contribution >= 0.6 is 0 Å². The normalized spacial score (nSPS) is 21.9. The van der Waals surface area contributed by atoms with Crippen molar-refractivity contribution in [3.8, 4) is 0 Å². The van der Waals surface area contributed by atoms with Crippen molar-refractivity contribution in [1.82, 2.24) is 10.6 Å². The second kappa shape index (κ2) is 6.17. The number of nitrogens with zero attached hydrogens (tertiary/aromatic N) is 1. The number of nitro benzene ring substituents is 1. The first-order valence-corrected chi connectivity index (χ1v) is 6.86. The number of amides is 1. The first-order valence-electron chi connectivity index (χ1n) is 6.86. The van der Waals surface area contributed by atoms with Crippen molar-refractivity contribution in [2.75, 3.05) is 13.1 Å². The van der Waals surface area contributed by atoms with Crippen molar-refractivity contribution >= 4 is 11.6 Å². The van der Waals surface area contributed by atoms with E-state index in [0.29, 0.717) is 6.54 Å². The molecule has 0 saturated carbocycles. The Morgan fingerprint density at radius 3 is 2.86 bits per heavy atom. The van der Waals surface area contributed by atoms with Crippen molar-refractivity contribution in [3.05, 3.63) is 39.2 Å². The van der Waals surface area contributed by atoms with Crippen molar-refractivity contribution in [3.63, 3.8) is 0 Å². The number of benzene rings is 1. The van der Waals surface area contributed by atoms with Crippen molar-refractivity contribution in [2.24, 2.45) is 5.92 Å². The highest BCUT2D eigenvalue weighted by Gasteiger charge is 2.28. The fourth-order valence-corrected chi connectivity index (χ4v) is 2.58. The number of hydrogen-bond donors (Lipinski definition) is 2. The molecule has 2 unspecified atom stereocenters.